The first-order valence-electron chi connectivity index (χ1n) is 11.5. The zero-order valence-electron chi connectivity index (χ0n) is 20.7. The Balaban J connectivity index is 1.88. The highest BCUT2D eigenvalue weighted by molar-refractivity contribution is 6.51. The SMILES string of the molecule is COc1c(Cl)cc(C)cc1/C(O)=C1\C(=O)C(=O)N(c2ccc(C(=O)OC(C)C)cc2)C1c1cccnc1. The maximum absolute atomic E-state index is 13.4. The second-order valence-corrected chi connectivity index (χ2v) is 9.19. The molecule has 1 atom stereocenters. The van der Waals surface area contributed by atoms with Gasteiger partial charge in [0, 0.05) is 18.1 Å². The molecule has 1 aliphatic rings. The molecule has 2 heterocycles. The van der Waals surface area contributed by atoms with Crippen molar-refractivity contribution < 1.29 is 29.0 Å². The summed E-state index contributed by atoms with van der Waals surface area (Å²) in [7, 11) is 1.40. The molecule has 3 aromatic rings. The van der Waals surface area contributed by atoms with Gasteiger partial charge in [-0.15, -0.1) is 0 Å². The predicted molar refractivity (Wildman–Crippen MR) is 139 cm³/mol. The van der Waals surface area contributed by atoms with Crippen LogP contribution in [0.1, 0.15) is 46.9 Å². The molecule has 2 aromatic carbocycles. The van der Waals surface area contributed by atoms with Crippen molar-refractivity contribution in [2.24, 2.45) is 0 Å². The van der Waals surface area contributed by atoms with Crippen molar-refractivity contribution in [3.63, 3.8) is 0 Å². The standard InChI is InChI=1S/C28H25ClN2O6/c1-15(2)37-28(35)17-7-9-19(10-8-17)31-23(18-6-5-11-30-14-18)22(25(33)27(31)34)24(32)20-12-16(3)13-21(29)26(20)36-4/h5-15,23,32H,1-4H3/b24-22+. The minimum atomic E-state index is -0.994. The average molecular weight is 521 g/mol. The summed E-state index contributed by atoms with van der Waals surface area (Å²) in [5.41, 5.74) is 1.93. The van der Waals surface area contributed by atoms with E-state index >= 15 is 0 Å². The lowest BCUT2D eigenvalue weighted by Gasteiger charge is -2.25. The minimum Gasteiger partial charge on any atom is -0.507 e. The van der Waals surface area contributed by atoms with E-state index in [4.69, 9.17) is 21.1 Å². The minimum absolute atomic E-state index is 0.138. The van der Waals surface area contributed by atoms with Crippen molar-refractivity contribution in [3.05, 3.63) is 93.8 Å². The molecule has 0 saturated carbocycles. The molecule has 8 nitrogen and oxygen atoms in total. The number of methoxy groups -OCH3 is 1. The quantitative estimate of drug-likeness (QED) is 0.205. The Morgan fingerprint density at radius 3 is 2.43 bits per heavy atom. The van der Waals surface area contributed by atoms with Gasteiger partial charge < -0.3 is 14.6 Å². The molecule has 0 radical (unpaired) electrons. The van der Waals surface area contributed by atoms with E-state index in [0.717, 1.165) is 5.56 Å². The number of ether oxygens (including phenoxy) is 2. The fourth-order valence-electron chi connectivity index (χ4n) is 4.25. The molecule has 1 saturated heterocycles. The lowest BCUT2D eigenvalue weighted by Crippen LogP contribution is -2.29. The molecule has 37 heavy (non-hydrogen) atoms. The zero-order chi connectivity index (χ0) is 26.9. The van der Waals surface area contributed by atoms with Crippen molar-refractivity contribution in [1.82, 2.24) is 4.98 Å². The van der Waals surface area contributed by atoms with Crippen LogP contribution in [0.15, 0.2) is 66.5 Å². The third kappa shape index (κ3) is 4.93. The number of aryl methyl sites for hydroxylation is 1. The summed E-state index contributed by atoms with van der Waals surface area (Å²) in [6, 6.07) is 11.8. The number of Topliss-reactive ketones (excluding diaryl/α,β-unsaturated/α-hetero) is 1. The van der Waals surface area contributed by atoms with Crippen LogP contribution >= 0.6 is 11.6 Å². The van der Waals surface area contributed by atoms with Crippen LogP contribution in [0.2, 0.25) is 5.02 Å². The first-order valence-corrected chi connectivity index (χ1v) is 11.9. The number of benzene rings is 2. The zero-order valence-corrected chi connectivity index (χ0v) is 21.4. The number of ketones is 1. The van der Waals surface area contributed by atoms with Crippen molar-refractivity contribution in [2.75, 3.05) is 12.0 Å². The Labute approximate surface area is 219 Å². The largest absolute Gasteiger partial charge is 0.507 e. The van der Waals surface area contributed by atoms with E-state index in [1.54, 1.807) is 63.4 Å². The van der Waals surface area contributed by atoms with Crippen LogP contribution in [-0.4, -0.2) is 41.0 Å². The van der Waals surface area contributed by atoms with Crippen molar-refractivity contribution in [1.29, 1.82) is 0 Å². The fourth-order valence-corrected chi connectivity index (χ4v) is 4.60. The van der Waals surface area contributed by atoms with E-state index in [-0.39, 0.29) is 28.0 Å². The lowest BCUT2D eigenvalue weighted by atomic mass is 9.95. The summed E-state index contributed by atoms with van der Waals surface area (Å²) in [5, 5.41) is 11.7. The second kappa shape index (κ2) is 10.4. The number of anilines is 1. The molecule has 0 bridgehead atoms. The maximum Gasteiger partial charge on any atom is 0.338 e. The highest BCUT2D eigenvalue weighted by atomic mass is 35.5. The first kappa shape index (κ1) is 25.9. The molecule has 1 amide bonds. The molecule has 1 fully saturated rings. The Morgan fingerprint density at radius 1 is 1.14 bits per heavy atom. The molecule has 1 aromatic heterocycles. The number of esters is 1. The Morgan fingerprint density at radius 2 is 1.84 bits per heavy atom. The summed E-state index contributed by atoms with van der Waals surface area (Å²) in [4.78, 5) is 44.4. The number of halogens is 1. The third-order valence-electron chi connectivity index (χ3n) is 5.82. The molecule has 4 rings (SSSR count). The van der Waals surface area contributed by atoms with Crippen molar-refractivity contribution in [2.45, 2.75) is 32.9 Å². The molecule has 1 aliphatic heterocycles. The van der Waals surface area contributed by atoms with Crippen LogP contribution in [0, 0.1) is 6.92 Å². The van der Waals surface area contributed by atoms with Gasteiger partial charge in [-0.25, -0.2) is 4.79 Å². The highest BCUT2D eigenvalue weighted by Gasteiger charge is 2.47. The van der Waals surface area contributed by atoms with Crippen molar-refractivity contribution in [3.8, 4) is 5.75 Å². The molecule has 1 unspecified atom stereocenters. The number of aromatic nitrogens is 1. The number of aliphatic hydroxyl groups is 1. The van der Waals surface area contributed by atoms with Gasteiger partial charge in [0.15, 0.2) is 0 Å². The van der Waals surface area contributed by atoms with E-state index in [1.807, 2.05) is 0 Å². The van der Waals surface area contributed by atoms with Crippen molar-refractivity contribution >= 4 is 40.7 Å². The third-order valence-corrected chi connectivity index (χ3v) is 6.10. The van der Waals surface area contributed by atoms with E-state index in [1.165, 1.54) is 30.3 Å². The van der Waals surface area contributed by atoms with E-state index < -0.39 is 29.5 Å². The summed E-state index contributed by atoms with van der Waals surface area (Å²) in [5.74, 6) is -2.47. The van der Waals surface area contributed by atoms with Crippen LogP contribution in [0.3, 0.4) is 0 Å². The number of nitrogens with zero attached hydrogens (tertiary/aromatic N) is 2. The number of amides is 1. The van der Waals surface area contributed by atoms with Gasteiger partial charge in [0.2, 0.25) is 0 Å². The summed E-state index contributed by atoms with van der Waals surface area (Å²) in [6.45, 7) is 5.27. The average Bonchev–Trinajstić information content (AvgIpc) is 3.13. The number of hydrogen-bond acceptors (Lipinski definition) is 7. The van der Waals surface area contributed by atoms with Crippen LogP contribution in [-0.2, 0) is 14.3 Å². The number of pyridine rings is 1. The van der Waals surface area contributed by atoms with Crippen LogP contribution in [0.5, 0.6) is 5.75 Å². The molecule has 1 N–H and O–H groups in total. The van der Waals surface area contributed by atoms with Gasteiger partial charge >= 0.3 is 5.97 Å². The Hall–Kier alpha value is -4.17. The monoisotopic (exact) mass is 520 g/mol. The smallest absolute Gasteiger partial charge is 0.338 e. The lowest BCUT2D eigenvalue weighted by molar-refractivity contribution is -0.132. The summed E-state index contributed by atoms with van der Waals surface area (Å²) >= 11 is 6.33. The van der Waals surface area contributed by atoms with E-state index in [2.05, 4.69) is 4.98 Å². The molecule has 0 spiro atoms. The summed E-state index contributed by atoms with van der Waals surface area (Å²) in [6.07, 6.45) is 2.79. The van der Waals surface area contributed by atoms with Gasteiger partial charge in [-0.1, -0.05) is 17.7 Å². The normalized spacial score (nSPS) is 16.8. The van der Waals surface area contributed by atoms with E-state index in [9.17, 15) is 19.5 Å². The van der Waals surface area contributed by atoms with Gasteiger partial charge in [0.25, 0.3) is 11.7 Å². The van der Waals surface area contributed by atoms with Crippen LogP contribution < -0.4 is 9.64 Å². The van der Waals surface area contributed by atoms with Crippen LogP contribution in [0.4, 0.5) is 5.69 Å². The summed E-state index contributed by atoms with van der Waals surface area (Å²) < 4.78 is 10.6. The number of rotatable bonds is 6. The van der Waals surface area contributed by atoms with Crippen LogP contribution in [0.25, 0.3) is 5.76 Å². The van der Waals surface area contributed by atoms with Gasteiger partial charge in [-0.05, 0) is 74.4 Å². The van der Waals surface area contributed by atoms with Gasteiger partial charge in [-0.3, -0.25) is 19.5 Å². The highest BCUT2D eigenvalue weighted by Crippen LogP contribution is 2.44. The Bertz CT molecular complexity index is 1400. The van der Waals surface area contributed by atoms with E-state index in [0.29, 0.717) is 16.8 Å². The molecular weight excluding hydrogens is 496 g/mol. The first-order chi connectivity index (χ1) is 17.6. The maximum atomic E-state index is 13.4. The fraction of sp³-hybridized carbons (Fsp3) is 0.214. The molecule has 0 aliphatic carbocycles. The predicted octanol–water partition coefficient (Wildman–Crippen LogP) is 5.24. The number of aliphatic hydroxyl groups excluding tert-OH is 1. The molecular formula is C28H25ClN2O6. The number of carbonyl (C=O) groups excluding carboxylic acids is 3. The van der Waals surface area contributed by atoms with Gasteiger partial charge in [-0.2, -0.15) is 0 Å². The van der Waals surface area contributed by atoms with Gasteiger partial charge in [0.05, 0.1) is 41.0 Å². The Kier molecular flexibility index (Phi) is 7.31. The molecule has 9 heteroatoms. The number of hydrogen-bond donors (Lipinski definition) is 1. The second-order valence-electron chi connectivity index (χ2n) is 8.78. The topological polar surface area (TPSA) is 106 Å². The number of carbonyl (C=O) groups is 3. The van der Waals surface area contributed by atoms with Gasteiger partial charge in [0.1, 0.15) is 11.5 Å². The molecule has 190 valence electrons.